The van der Waals surface area contributed by atoms with Gasteiger partial charge in [0, 0.05) is 12.1 Å². The minimum Gasteiger partial charge on any atom is -0.481 e. The molecule has 1 aromatic rings. The van der Waals surface area contributed by atoms with Crippen LogP contribution in [0, 0.1) is 5.92 Å². The van der Waals surface area contributed by atoms with Crippen molar-refractivity contribution in [1.29, 1.82) is 0 Å². The molecule has 0 bridgehead atoms. The molecule has 1 aliphatic carbocycles. The maximum Gasteiger partial charge on any atom is 0.308 e. The van der Waals surface area contributed by atoms with Crippen molar-refractivity contribution in [2.24, 2.45) is 5.92 Å². The first kappa shape index (κ1) is 12.6. The molecule has 1 fully saturated rings. The van der Waals surface area contributed by atoms with E-state index in [1.165, 1.54) is 6.33 Å². The Morgan fingerprint density at radius 1 is 1.56 bits per heavy atom. The number of nitrogens with zero attached hydrogens (tertiary/aromatic N) is 2. The second-order valence-corrected chi connectivity index (χ2v) is 4.30. The summed E-state index contributed by atoms with van der Waals surface area (Å²) in [5.74, 6) is 0.0334. The highest BCUT2D eigenvalue weighted by Crippen LogP contribution is 2.28. The van der Waals surface area contributed by atoms with Gasteiger partial charge < -0.3 is 15.2 Å². The topological polar surface area (TPSA) is 84.3 Å². The van der Waals surface area contributed by atoms with E-state index >= 15 is 0 Å². The normalized spacial score (nSPS) is 22.7. The van der Waals surface area contributed by atoms with E-state index in [0.29, 0.717) is 18.3 Å². The maximum atomic E-state index is 11.1. The van der Waals surface area contributed by atoms with Crippen LogP contribution in [0.2, 0.25) is 0 Å². The Hall–Kier alpha value is -1.85. The Balaban J connectivity index is 2.04. The van der Waals surface area contributed by atoms with Crippen molar-refractivity contribution in [2.45, 2.75) is 32.2 Å². The summed E-state index contributed by atoms with van der Waals surface area (Å²) >= 11 is 0. The number of carboxylic acid groups (broad SMARTS) is 1. The van der Waals surface area contributed by atoms with Gasteiger partial charge in [0.05, 0.1) is 12.5 Å². The van der Waals surface area contributed by atoms with Crippen LogP contribution in [-0.2, 0) is 4.79 Å². The van der Waals surface area contributed by atoms with Gasteiger partial charge in [0.15, 0.2) is 0 Å². The largest absolute Gasteiger partial charge is 0.481 e. The molecule has 18 heavy (non-hydrogen) atoms. The number of aliphatic carboxylic acids is 1. The van der Waals surface area contributed by atoms with Gasteiger partial charge in [0.2, 0.25) is 5.88 Å². The van der Waals surface area contributed by atoms with Crippen molar-refractivity contribution in [3.8, 4) is 5.88 Å². The van der Waals surface area contributed by atoms with Gasteiger partial charge >= 0.3 is 5.97 Å². The molecule has 6 heteroatoms. The zero-order valence-corrected chi connectivity index (χ0v) is 10.3. The van der Waals surface area contributed by atoms with E-state index in [9.17, 15) is 4.79 Å². The molecular weight excluding hydrogens is 234 g/mol. The second kappa shape index (κ2) is 5.66. The highest BCUT2D eigenvalue weighted by Gasteiger charge is 2.33. The van der Waals surface area contributed by atoms with Crippen LogP contribution in [0.4, 0.5) is 5.82 Å². The lowest BCUT2D eigenvalue weighted by molar-refractivity contribution is -0.141. The van der Waals surface area contributed by atoms with Crippen molar-refractivity contribution < 1.29 is 14.6 Å². The lowest BCUT2D eigenvalue weighted by Crippen LogP contribution is -2.30. The molecule has 1 aliphatic rings. The number of rotatable bonds is 5. The fourth-order valence-corrected chi connectivity index (χ4v) is 2.26. The van der Waals surface area contributed by atoms with Gasteiger partial charge in [-0.2, -0.15) is 0 Å². The average Bonchev–Trinajstić information content (AvgIpc) is 2.78. The summed E-state index contributed by atoms with van der Waals surface area (Å²) in [4.78, 5) is 19.1. The maximum absolute atomic E-state index is 11.1. The van der Waals surface area contributed by atoms with Crippen molar-refractivity contribution in [3.63, 3.8) is 0 Å². The molecule has 0 spiro atoms. The zero-order chi connectivity index (χ0) is 13.0. The van der Waals surface area contributed by atoms with Crippen LogP contribution in [-0.4, -0.2) is 33.7 Å². The molecule has 0 aromatic carbocycles. The first-order chi connectivity index (χ1) is 8.70. The number of hydrogen-bond donors (Lipinski definition) is 2. The summed E-state index contributed by atoms with van der Waals surface area (Å²) in [5, 5.41) is 12.3. The van der Waals surface area contributed by atoms with Gasteiger partial charge in [0.1, 0.15) is 12.1 Å². The van der Waals surface area contributed by atoms with Crippen LogP contribution in [0.25, 0.3) is 0 Å². The van der Waals surface area contributed by atoms with Gasteiger partial charge in [-0.15, -0.1) is 0 Å². The minimum absolute atomic E-state index is 0.0631. The summed E-state index contributed by atoms with van der Waals surface area (Å²) in [6.45, 7) is 2.42. The summed E-state index contributed by atoms with van der Waals surface area (Å²) in [6.07, 6.45) is 3.91. The molecule has 0 aliphatic heterocycles. The third-order valence-electron chi connectivity index (χ3n) is 3.10. The number of anilines is 1. The van der Waals surface area contributed by atoms with Crippen molar-refractivity contribution in [3.05, 3.63) is 12.4 Å². The quantitative estimate of drug-likeness (QED) is 0.825. The van der Waals surface area contributed by atoms with Gasteiger partial charge in [-0.05, 0) is 19.8 Å². The lowest BCUT2D eigenvalue weighted by atomic mass is 10.0. The fourth-order valence-electron chi connectivity index (χ4n) is 2.26. The van der Waals surface area contributed by atoms with E-state index in [0.717, 1.165) is 19.3 Å². The monoisotopic (exact) mass is 251 g/mol. The van der Waals surface area contributed by atoms with E-state index in [2.05, 4.69) is 15.3 Å². The van der Waals surface area contributed by atoms with Crippen molar-refractivity contribution in [2.75, 3.05) is 11.9 Å². The SMILES string of the molecule is CCOc1cc(NC2CCCC2C(=O)O)ncn1. The van der Waals surface area contributed by atoms with E-state index in [-0.39, 0.29) is 12.0 Å². The zero-order valence-electron chi connectivity index (χ0n) is 10.3. The molecule has 2 unspecified atom stereocenters. The summed E-state index contributed by atoms with van der Waals surface area (Å²) in [5.41, 5.74) is 0. The molecular formula is C12H17N3O3. The predicted octanol–water partition coefficient (Wildman–Crippen LogP) is 1.54. The Kier molecular flexibility index (Phi) is 3.96. The van der Waals surface area contributed by atoms with Crippen molar-refractivity contribution in [1.82, 2.24) is 9.97 Å². The number of carbonyl (C=O) groups is 1. The molecule has 2 rings (SSSR count). The molecule has 0 radical (unpaired) electrons. The van der Waals surface area contributed by atoms with Crippen LogP contribution < -0.4 is 10.1 Å². The van der Waals surface area contributed by atoms with E-state index in [4.69, 9.17) is 9.84 Å². The molecule has 1 heterocycles. The van der Waals surface area contributed by atoms with Crippen LogP contribution in [0.5, 0.6) is 5.88 Å². The van der Waals surface area contributed by atoms with E-state index in [1.54, 1.807) is 6.07 Å². The number of hydrogen-bond acceptors (Lipinski definition) is 5. The number of carboxylic acids is 1. The van der Waals surface area contributed by atoms with E-state index in [1.807, 2.05) is 6.92 Å². The molecule has 0 amide bonds. The lowest BCUT2D eigenvalue weighted by Gasteiger charge is -2.18. The second-order valence-electron chi connectivity index (χ2n) is 4.30. The molecule has 2 N–H and O–H groups in total. The van der Waals surface area contributed by atoms with Gasteiger partial charge in [-0.3, -0.25) is 4.79 Å². The number of nitrogens with one attached hydrogen (secondary N) is 1. The Morgan fingerprint density at radius 3 is 3.11 bits per heavy atom. The summed E-state index contributed by atoms with van der Waals surface area (Å²) < 4.78 is 5.28. The van der Waals surface area contributed by atoms with Crippen molar-refractivity contribution >= 4 is 11.8 Å². The predicted molar refractivity (Wildman–Crippen MR) is 65.6 cm³/mol. The van der Waals surface area contributed by atoms with Gasteiger partial charge in [-0.25, -0.2) is 9.97 Å². The minimum atomic E-state index is -0.746. The number of ether oxygens (including phenoxy) is 1. The summed E-state index contributed by atoms with van der Waals surface area (Å²) in [7, 11) is 0. The van der Waals surface area contributed by atoms with Gasteiger partial charge in [-0.1, -0.05) is 6.42 Å². The average molecular weight is 251 g/mol. The first-order valence-electron chi connectivity index (χ1n) is 6.15. The third kappa shape index (κ3) is 2.88. The molecule has 1 aromatic heterocycles. The van der Waals surface area contributed by atoms with Crippen LogP contribution in [0.3, 0.4) is 0 Å². The molecule has 1 saturated carbocycles. The fraction of sp³-hybridized carbons (Fsp3) is 0.583. The Morgan fingerprint density at radius 2 is 2.39 bits per heavy atom. The van der Waals surface area contributed by atoms with Crippen LogP contribution in [0.15, 0.2) is 12.4 Å². The molecule has 0 saturated heterocycles. The highest BCUT2D eigenvalue weighted by atomic mass is 16.5. The van der Waals surface area contributed by atoms with Crippen LogP contribution in [0.1, 0.15) is 26.2 Å². The van der Waals surface area contributed by atoms with Crippen LogP contribution >= 0.6 is 0 Å². The standard InChI is InChI=1S/C12H17N3O3/c1-2-18-11-6-10(13-7-14-11)15-9-5-3-4-8(9)12(16)17/h6-9H,2-5H2,1H3,(H,16,17)(H,13,14,15). The summed E-state index contributed by atoms with van der Waals surface area (Å²) in [6, 6.07) is 1.63. The van der Waals surface area contributed by atoms with E-state index < -0.39 is 5.97 Å². The number of aromatic nitrogens is 2. The Labute approximate surface area is 105 Å². The first-order valence-corrected chi connectivity index (χ1v) is 6.15. The molecule has 98 valence electrons. The van der Waals surface area contributed by atoms with Gasteiger partial charge in [0.25, 0.3) is 0 Å². The third-order valence-corrected chi connectivity index (χ3v) is 3.10. The highest BCUT2D eigenvalue weighted by molar-refractivity contribution is 5.72. The molecule has 6 nitrogen and oxygen atoms in total. The Bertz CT molecular complexity index is 425. The molecule has 2 atom stereocenters. The smallest absolute Gasteiger partial charge is 0.308 e.